The molecule has 4 aromatic rings. The summed E-state index contributed by atoms with van der Waals surface area (Å²) in [5.74, 6) is -0.316. The summed E-state index contributed by atoms with van der Waals surface area (Å²) in [7, 11) is 0. The van der Waals surface area contributed by atoms with Crippen LogP contribution in [0.15, 0.2) is 48.8 Å². The molecule has 0 amide bonds. The molecule has 0 aliphatic carbocycles. The fraction of sp³-hybridized carbons (Fsp3) is 0.261. The topological polar surface area (TPSA) is 69.7 Å². The molecule has 0 radical (unpaired) electrons. The van der Waals surface area contributed by atoms with E-state index in [9.17, 15) is 4.39 Å². The molecule has 0 saturated carbocycles. The molecule has 0 spiro atoms. The molecule has 6 nitrogen and oxygen atoms in total. The van der Waals surface area contributed by atoms with Gasteiger partial charge in [-0.25, -0.2) is 9.37 Å². The summed E-state index contributed by atoms with van der Waals surface area (Å²) in [5, 5.41) is 11.8. The van der Waals surface area contributed by atoms with Crippen LogP contribution in [0.4, 0.5) is 10.1 Å². The van der Waals surface area contributed by atoms with Crippen LogP contribution in [0.2, 0.25) is 0 Å². The molecule has 1 saturated heterocycles. The van der Waals surface area contributed by atoms with Crippen molar-refractivity contribution in [1.82, 2.24) is 25.5 Å². The first-order valence-electron chi connectivity index (χ1n) is 10.2. The standard InChI is InChI=1S/C23H23FN6/c1-15-20(24)4-6-22(28-15)23-19(14-27-29-23)16-3-5-21-17(11-16)12-18(13-26-21)30-9-2-7-25-8-10-30/h3-6,11-14,25H,2,7-10H2,1H3,(H,27,29). The SMILES string of the molecule is Cc1nc(-c2n[nH]cc2-c2ccc3ncc(N4CCCNCC4)cc3c2)ccc1F. The first-order chi connectivity index (χ1) is 14.7. The summed E-state index contributed by atoms with van der Waals surface area (Å²) in [6, 6.07) is 11.5. The predicted molar refractivity (Wildman–Crippen MR) is 117 cm³/mol. The highest BCUT2D eigenvalue weighted by atomic mass is 19.1. The van der Waals surface area contributed by atoms with E-state index < -0.39 is 0 Å². The maximum absolute atomic E-state index is 13.6. The van der Waals surface area contributed by atoms with Crippen molar-refractivity contribution in [2.24, 2.45) is 0 Å². The van der Waals surface area contributed by atoms with Gasteiger partial charge in [0.1, 0.15) is 11.5 Å². The molecule has 1 aliphatic heterocycles. The highest BCUT2D eigenvalue weighted by Gasteiger charge is 2.15. The lowest BCUT2D eigenvalue weighted by atomic mass is 10.0. The average molecular weight is 402 g/mol. The van der Waals surface area contributed by atoms with E-state index in [2.05, 4.69) is 42.5 Å². The Balaban J connectivity index is 1.54. The number of hydrogen-bond acceptors (Lipinski definition) is 5. The first kappa shape index (κ1) is 18.7. The molecular formula is C23H23FN6. The Hall–Kier alpha value is -3.32. The molecule has 4 heterocycles. The summed E-state index contributed by atoms with van der Waals surface area (Å²) >= 11 is 0. The molecular weight excluding hydrogens is 379 g/mol. The highest BCUT2D eigenvalue weighted by molar-refractivity contribution is 5.89. The Morgan fingerprint density at radius 1 is 1.07 bits per heavy atom. The number of nitrogens with one attached hydrogen (secondary N) is 2. The van der Waals surface area contributed by atoms with Gasteiger partial charge in [-0.3, -0.25) is 10.1 Å². The molecule has 7 heteroatoms. The van der Waals surface area contributed by atoms with E-state index in [-0.39, 0.29) is 5.82 Å². The number of benzene rings is 1. The third-order valence-corrected chi connectivity index (χ3v) is 5.59. The number of hydrogen-bond donors (Lipinski definition) is 2. The van der Waals surface area contributed by atoms with Crippen molar-refractivity contribution in [1.29, 1.82) is 0 Å². The van der Waals surface area contributed by atoms with Crippen LogP contribution in [-0.2, 0) is 0 Å². The zero-order valence-electron chi connectivity index (χ0n) is 16.8. The quantitative estimate of drug-likeness (QED) is 0.543. The van der Waals surface area contributed by atoms with Crippen molar-refractivity contribution in [3.63, 3.8) is 0 Å². The van der Waals surface area contributed by atoms with E-state index in [4.69, 9.17) is 0 Å². The Kier molecular flexibility index (Phi) is 4.88. The van der Waals surface area contributed by atoms with Crippen molar-refractivity contribution in [2.75, 3.05) is 31.1 Å². The van der Waals surface area contributed by atoms with Gasteiger partial charge in [0.25, 0.3) is 0 Å². The number of nitrogens with zero attached hydrogens (tertiary/aromatic N) is 4. The van der Waals surface area contributed by atoms with Gasteiger partial charge in [-0.1, -0.05) is 6.07 Å². The number of fused-ring (bicyclic) bond motifs is 1. The van der Waals surface area contributed by atoms with E-state index in [0.29, 0.717) is 17.1 Å². The minimum Gasteiger partial charge on any atom is -0.369 e. The Labute approximate surface area is 174 Å². The van der Waals surface area contributed by atoms with Crippen LogP contribution in [0.3, 0.4) is 0 Å². The second-order valence-corrected chi connectivity index (χ2v) is 7.60. The molecule has 0 bridgehead atoms. The first-order valence-corrected chi connectivity index (χ1v) is 10.2. The number of pyridine rings is 2. The van der Waals surface area contributed by atoms with E-state index >= 15 is 0 Å². The number of aromatic nitrogens is 4. The van der Waals surface area contributed by atoms with E-state index in [1.165, 1.54) is 6.07 Å². The Morgan fingerprint density at radius 2 is 2.00 bits per heavy atom. The Bertz CT molecular complexity index is 1190. The van der Waals surface area contributed by atoms with Gasteiger partial charge in [0.05, 0.1) is 28.8 Å². The summed E-state index contributed by atoms with van der Waals surface area (Å²) < 4.78 is 13.6. The van der Waals surface area contributed by atoms with Gasteiger partial charge in [0.2, 0.25) is 0 Å². The molecule has 0 unspecified atom stereocenters. The van der Waals surface area contributed by atoms with Crippen molar-refractivity contribution >= 4 is 16.6 Å². The highest BCUT2D eigenvalue weighted by Crippen LogP contribution is 2.32. The minimum absolute atomic E-state index is 0.316. The monoisotopic (exact) mass is 402 g/mol. The van der Waals surface area contributed by atoms with Crippen LogP contribution >= 0.6 is 0 Å². The summed E-state index contributed by atoms with van der Waals surface area (Å²) in [5.41, 5.74) is 5.77. The maximum atomic E-state index is 13.6. The van der Waals surface area contributed by atoms with Crippen LogP contribution in [0, 0.1) is 12.7 Å². The van der Waals surface area contributed by atoms with Crippen LogP contribution in [0.5, 0.6) is 0 Å². The number of aromatic amines is 1. The molecule has 5 rings (SSSR count). The zero-order chi connectivity index (χ0) is 20.5. The molecule has 1 aliphatic rings. The zero-order valence-corrected chi connectivity index (χ0v) is 16.8. The third-order valence-electron chi connectivity index (χ3n) is 5.59. The lowest BCUT2D eigenvalue weighted by molar-refractivity contribution is 0.610. The number of halogens is 1. The smallest absolute Gasteiger partial charge is 0.144 e. The van der Waals surface area contributed by atoms with Crippen molar-refractivity contribution < 1.29 is 4.39 Å². The van der Waals surface area contributed by atoms with Gasteiger partial charge in [0, 0.05) is 36.8 Å². The number of anilines is 1. The second-order valence-electron chi connectivity index (χ2n) is 7.60. The van der Waals surface area contributed by atoms with Gasteiger partial charge in [0.15, 0.2) is 0 Å². The fourth-order valence-electron chi connectivity index (χ4n) is 3.95. The van der Waals surface area contributed by atoms with E-state index in [0.717, 1.165) is 60.3 Å². The van der Waals surface area contributed by atoms with Gasteiger partial charge in [-0.05, 0) is 55.8 Å². The summed E-state index contributed by atoms with van der Waals surface area (Å²) in [4.78, 5) is 11.4. The van der Waals surface area contributed by atoms with Crippen LogP contribution in [0.1, 0.15) is 12.1 Å². The predicted octanol–water partition coefficient (Wildman–Crippen LogP) is 3.93. The van der Waals surface area contributed by atoms with Crippen LogP contribution in [-0.4, -0.2) is 46.3 Å². The molecule has 1 fully saturated rings. The normalized spacial score (nSPS) is 14.8. The lowest BCUT2D eigenvalue weighted by Gasteiger charge is -2.22. The third kappa shape index (κ3) is 3.52. The largest absolute Gasteiger partial charge is 0.369 e. The number of rotatable bonds is 3. The molecule has 0 atom stereocenters. The van der Waals surface area contributed by atoms with Gasteiger partial charge in [-0.2, -0.15) is 5.10 Å². The number of H-pyrrole nitrogens is 1. The second kappa shape index (κ2) is 7.84. The van der Waals surface area contributed by atoms with Crippen molar-refractivity contribution in [2.45, 2.75) is 13.3 Å². The van der Waals surface area contributed by atoms with Gasteiger partial charge in [-0.15, -0.1) is 0 Å². The molecule has 30 heavy (non-hydrogen) atoms. The maximum Gasteiger partial charge on any atom is 0.144 e. The van der Waals surface area contributed by atoms with Gasteiger partial charge < -0.3 is 10.2 Å². The Morgan fingerprint density at radius 3 is 2.90 bits per heavy atom. The molecule has 2 N–H and O–H groups in total. The molecule has 1 aromatic carbocycles. The van der Waals surface area contributed by atoms with Crippen molar-refractivity contribution in [3.8, 4) is 22.5 Å². The fourth-order valence-corrected chi connectivity index (χ4v) is 3.95. The minimum atomic E-state index is -0.316. The van der Waals surface area contributed by atoms with E-state index in [1.54, 1.807) is 13.0 Å². The molecule has 152 valence electrons. The molecule has 3 aromatic heterocycles. The van der Waals surface area contributed by atoms with Gasteiger partial charge >= 0.3 is 0 Å². The summed E-state index contributed by atoms with van der Waals surface area (Å²) in [6.07, 6.45) is 4.94. The number of aryl methyl sites for hydroxylation is 1. The van der Waals surface area contributed by atoms with Crippen molar-refractivity contribution in [3.05, 3.63) is 60.3 Å². The average Bonchev–Trinajstić information content (AvgIpc) is 3.10. The van der Waals surface area contributed by atoms with Crippen LogP contribution in [0.25, 0.3) is 33.4 Å². The van der Waals surface area contributed by atoms with E-state index in [1.807, 2.05) is 24.5 Å². The summed E-state index contributed by atoms with van der Waals surface area (Å²) in [6.45, 7) is 5.71. The lowest BCUT2D eigenvalue weighted by Crippen LogP contribution is -2.27. The van der Waals surface area contributed by atoms with Crippen LogP contribution < -0.4 is 10.2 Å².